The van der Waals surface area contributed by atoms with Crippen LogP contribution in [0.2, 0.25) is 0 Å². The molecule has 3 rings (SSSR count). The predicted molar refractivity (Wildman–Crippen MR) is 91.0 cm³/mol. The molecule has 2 aromatic carbocycles. The van der Waals surface area contributed by atoms with Gasteiger partial charge in [-0.15, -0.1) is 0 Å². The minimum Gasteiger partial charge on any atom is -0.423 e. The molecule has 0 aliphatic rings. The Balaban J connectivity index is 1.87. The van der Waals surface area contributed by atoms with E-state index in [-0.39, 0.29) is 22.1 Å². The normalized spacial score (nSPS) is 11.2. The first-order chi connectivity index (χ1) is 11.8. The molecule has 0 saturated heterocycles. The molecular formula is C17H13NO6S. The van der Waals surface area contributed by atoms with E-state index in [1.807, 2.05) is 0 Å². The second-order valence-electron chi connectivity index (χ2n) is 5.20. The lowest BCUT2D eigenvalue weighted by Gasteiger charge is -2.08. The van der Waals surface area contributed by atoms with Gasteiger partial charge in [-0.2, -0.15) is 8.42 Å². The monoisotopic (exact) mass is 359 g/mol. The van der Waals surface area contributed by atoms with Crippen LogP contribution in [0.3, 0.4) is 0 Å². The Labute approximate surface area is 143 Å². The molecule has 1 aromatic heterocycles. The van der Waals surface area contributed by atoms with Crippen LogP contribution in [0.25, 0.3) is 11.0 Å². The summed E-state index contributed by atoms with van der Waals surface area (Å²) in [7, 11) is -4.06. The minimum atomic E-state index is -4.06. The van der Waals surface area contributed by atoms with Gasteiger partial charge in [-0.3, -0.25) is 4.79 Å². The van der Waals surface area contributed by atoms with E-state index in [0.29, 0.717) is 11.1 Å². The Morgan fingerprint density at radius 1 is 1.04 bits per heavy atom. The highest BCUT2D eigenvalue weighted by Crippen LogP contribution is 2.23. The molecule has 25 heavy (non-hydrogen) atoms. The lowest BCUT2D eigenvalue weighted by Crippen LogP contribution is -2.10. The van der Waals surface area contributed by atoms with Crippen molar-refractivity contribution in [1.82, 2.24) is 0 Å². The quantitative estimate of drug-likeness (QED) is 0.567. The topological polar surface area (TPSA) is 103 Å². The Bertz CT molecular complexity index is 1100. The van der Waals surface area contributed by atoms with E-state index < -0.39 is 15.7 Å². The minimum absolute atomic E-state index is 0.0696. The first-order valence-electron chi connectivity index (χ1n) is 7.19. The third-order valence-corrected chi connectivity index (χ3v) is 4.50. The standard InChI is InChI=1S/C17H13NO6S/c1-11(19)18-13-3-5-14(6-4-13)24-25(21,22)15-7-8-16-12(10-15)2-9-17(20)23-16/h2-10H,1H3,(H,18,19). The summed E-state index contributed by atoms with van der Waals surface area (Å²) in [5.74, 6) is -0.127. The molecule has 0 aliphatic carbocycles. The number of carbonyl (C=O) groups is 1. The van der Waals surface area contributed by atoms with Crippen LogP contribution in [0.5, 0.6) is 5.75 Å². The maximum absolute atomic E-state index is 12.4. The maximum Gasteiger partial charge on any atom is 0.339 e. The van der Waals surface area contributed by atoms with E-state index in [0.717, 1.165) is 0 Å². The third-order valence-electron chi connectivity index (χ3n) is 3.26. The maximum atomic E-state index is 12.4. The smallest absolute Gasteiger partial charge is 0.339 e. The summed E-state index contributed by atoms with van der Waals surface area (Å²) >= 11 is 0. The summed E-state index contributed by atoms with van der Waals surface area (Å²) in [6.45, 7) is 1.37. The number of rotatable bonds is 4. The van der Waals surface area contributed by atoms with Crippen LogP contribution in [0, 0.1) is 0 Å². The number of amides is 1. The molecule has 1 heterocycles. The zero-order chi connectivity index (χ0) is 18.0. The molecule has 7 nitrogen and oxygen atoms in total. The number of carbonyl (C=O) groups excluding carboxylic acids is 1. The lowest BCUT2D eigenvalue weighted by molar-refractivity contribution is -0.114. The summed E-state index contributed by atoms with van der Waals surface area (Å²) in [6, 6.07) is 12.7. The fourth-order valence-electron chi connectivity index (χ4n) is 2.18. The van der Waals surface area contributed by atoms with Crippen LogP contribution in [-0.2, 0) is 14.9 Å². The predicted octanol–water partition coefficient (Wildman–Crippen LogP) is 2.52. The summed E-state index contributed by atoms with van der Waals surface area (Å²) in [5, 5.41) is 3.03. The molecular weight excluding hydrogens is 346 g/mol. The van der Waals surface area contributed by atoms with Gasteiger partial charge < -0.3 is 13.9 Å². The first-order valence-corrected chi connectivity index (χ1v) is 8.60. The van der Waals surface area contributed by atoms with Crippen molar-refractivity contribution in [3.05, 3.63) is 65.0 Å². The van der Waals surface area contributed by atoms with Gasteiger partial charge in [-0.25, -0.2) is 4.79 Å². The molecule has 1 N–H and O–H groups in total. The molecule has 0 bridgehead atoms. The molecule has 3 aromatic rings. The number of nitrogens with one attached hydrogen (secondary N) is 1. The van der Waals surface area contributed by atoms with Crippen molar-refractivity contribution in [2.24, 2.45) is 0 Å². The third kappa shape index (κ3) is 3.86. The molecule has 0 unspecified atom stereocenters. The largest absolute Gasteiger partial charge is 0.423 e. The number of hydrogen-bond donors (Lipinski definition) is 1. The summed E-state index contributed by atoms with van der Waals surface area (Å²) in [4.78, 5) is 22.1. The summed E-state index contributed by atoms with van der Waals surface area (Å²) < 4.78 is 34.8. The second-order valence-corrected chi connectivity index (χ2v) is 6.74. The Kier molecular flexibility index (Phi) is 4.28. The Morgan fingerprint density at radius 2 is 1.76 bits per heavy atom. The highest BCUT2D eigenvalue weighted by Gasteiger charge is 2.17. The molecule has 0 spiro atoms. The van der Waals surface area contributed by atoms with Gasteiger partial charge in [0, 0.05) is 24.1 Å². The van der Waals surface area contributed by atoms with Crippen molar-refractivity contribution >= 4 is 32.7 Å². The van der Waals surface area contributed by atoms with Crippen molar-refractivity contribution in [3.8, 4) is 5.75 Å². The second kappa shape index (κ2) is 6.40. The number of hydrogen-bond acceptors (Lipinski definition) is 6. The van der Waals surface area contributed by atoms with Crippen LogP contribution in [0.4, 0.5) is 5.69 Å². The fraction of sp³-hybridized carbons (Fsp3) is 0.0588. The van der Waals surface area contributed by atoms with Gasteiger partial charge in [0.05, 0.1) is 0 Å². The van der Waals surface area contributed by atoms with Crippen molar-refractivity contribution in [3.63, 3.8) is 0 Å². The van der Waals surface area contributed by atoms with E-state index in [1.165, 1.54) is 61.5 Å². The van der Waals surface area contributed by atoms with Crippen LogP contribution >= 0.6 is 0 Å². The molecule has 0 radical (unpaired) electrons. The Hall–Kier alpha value is -3.13. The van der Waals surface area contributed by atoms with E-state index in [9.17, 15) is 18.0 Å². The summed E-state index contributed by atoms with van der Waals surface area (Å²) in [5.41, 5.74) is 0.294. The first kappa shape index (κ1) is 16.7. The molecule has 128 valence electrons. The van der Waals surface area contributed by atoms with Gasteiger partial charge in [-0.05, 0) is 48.5 Å². The van der Waals surface area contributed by atoms with Gasteiger partial charge in [-0.1, -0.05) is 0 Å². The van der Waals surface area contributed by atoms with Crippen molar-refractivity contribution < 1.29 is 21.8 Å². The van der Waals surface area contributed by atoms with Crippen LogP contribution in [0.1, 0.15) is 6.92 Å². The van der Waals surface area contributed by atoms with E-state index in [4.69, 9.17) is 8.60 Å². The van der Waals surface area contributed by atoms with Gasteiger partial charge in [0.15, 0.2) is 0 Å². The number of fused-ring (bicyclic) bond motifs is 1. The van der Waals surface area contributed by atoms with E-state index >= 15 is 0 Å². The molecule has 1 amide bonds. The van der Waals surface area contributed by atoms with Crippen LogP contribution in [-0.4, -0.2) is 14.3 Å². The molecule has 0 atom stereocenters. The van der Waals surface area contributed by atoms with Crippen molar-refractivity contribution in [1.29, 1.82) is 0 Å². The highest BCUT2D eigenvalue weighted by atomic mass is 32.2. The van der Waals surface area contributed by atoms with E-state index in [1.54, 1.807) is 0 Å². The molecule has 8 heteroatoms. The highest BCUT2D eigenvalue weighted by molar-refractivity contribution is 7.87. The van der Waals surface area contributed by atoms with Crippen molar-refractivity contribution in [2.75, 3.05) is 5.32 Å². The SMILES string of the molecule is CC(=O)Nc1ccc(OS(=O)(=O)c2ccc3oc(=O)ccc3c2)cc1. The fourth-order valence-corrected chi connectivity index (χ4v) is 3.14. The number of benzene rings is 2. The molecule has 0 aliphatic heterocycles. The lowest BCUT2D eigenvalue weighted by atomic mass is 10.2. The van der Waals surface area contributed by atoms with Crippen molar-refractivity contribution in [2.45, 2.75) is 11.8 Å². The van der Waals surface area contributed by atoms with Gasteiger partial charge in [0.2, 0.25) is 5.91 Å². The Morgan fingerprint density at radius 3 is 2.44 bits per heavy atom. The summed E-state index contributed by atoms with van der Waals surface area (Å²) in [6.07, 6.45) is 0. The van der Waals surface area contributed by atoms with Gasteiger partial charge in [0.1, 0.15) is 16.2 Å². The van der Waals surface area contributed by atoms with Gasteiger partial charge in [0.25, 0.3) is 0 Å². The van der Waals surface area contributed by atoms with Crippen LogP contribution in [0.15, 0.2) is 68.7 Å². The zero-order valence-electron chi connectivity index (χ0n) is 13.1. The number of anilines is 1. The zero-order valence-corrected chi connectivity index (χ0v) is 13.9. The average molecular weight is 359 g/mol. The van der Waals surface area contributed by atoms with Crippen LogP contribution < -0.4 is 15.1 Å². The average Bonchev–Trinajstić information content (AvgIpc) is 2.55. The molecule has 0 saturated carbocycles. The molecule has 0 fully saturated rings. The van der Waals surface area contributed by atoms with Gasteiger partial charge >= 0.3 is 15.7 Å². The van der Waals surface area contributed by atoms with E-state index in [2.05, 4.69) is 5.32 Å².